The molecule has 0 aliphatic heterocycles. The second-order valence-electron chi connectivity index (χ2n) is 7.82. The molecule has 21 heavy (non-hydrogen) atoms. The Hall–Kier alpha value is -0.886. The first-order valence-corrected chi connectivity index (χ1v) is 14.7. The Bertz CT molecular complexity index is 489. The molecule has 1 aliphatic rings. The molecule has 4 nitrogen and oxygen atoms in total. The lowest BCUT2D eigenvalue weighted by Gasteiger charge is -2.24. The highest BCUT2D eigenvalue weighted by atomic mass is 28.4. The summed E-state index contributed by atoms with van der Waals surface area (Å²) < 4.78 is 12.2. The van der Waals surface area contributed by atoms with Gasteiger partial charge in [0.2, 0.25) is 22.5 Å². The average Bonchev–Trinajstić information content (AvgIpc) is 2.78. The number of rotatable bonds is 5. The van der Waals surface area contributed by atoms with Gasteiger partial charge in [0.05, 0.1) is 0 Å². The van der Waals surface area contributed by atoms with Gasteiger partial charge >= 0.3 is 6.01 Å². The lowest BCUT2D eigenvalue weighted by Crippen LogP contribution is -2.32. The SMILES string of the molecule is C[Si](C)(C)Oc1ncc(C2CCCC2)c(O[Si](C)(C)C)n1. The van der Waals surface area contributed by atoms with Crippen LogP contribution in [0.4, 0.5) is 0 Å². The van der Waals surface area contributed by atoms with Crippen LogP contribution in [0.25, 0.3) is 0 Å². The fourth-order valence-corrected chi connectivity index (χ4v) is 3.96. The molecule has 0 saturated heterocycles. The van der Waals surface area contributed by atoms with Crippen molar-refractivity contribution in [3.63, 3.8) is 0 Å². The van der Waals surface area contributed by atoms with Crippen LogP contribution >= 0.6 is 0 Å². The summed E-state index contributed by atoms with van der Waals surface area (Å²) in [4.78, 5) is 9.04. The summed E-state index contributed by atoms with van der Waals surface area (Å²) in [7, 11) is -3.39. The topological polar surface area (TPSA) is 44.2 Å². The van der Waals surface area contributed by atoms with Crippen LogP contribution in [0.3, 0.4) is 0 Å². The van der Waals surface area contributed by atoms with E-state index in [0.29, 0.717) is 11.9 Å². The van der Waals surface area contributed by atoms with E-state index in [1.807, 2.05) is 6.20 Å². The predicted molar refractivity (Wildman–Crippen MR) is 91.2 cm³/mol. The maximum Gasteiger partial charge on any atom is 0.305 e. The van der Waals surface area contributed by atoms with Crippen LogP contribution in [-0.4, -0.2) is 26.6 Å². The molecule has 1 fully saturated rings. The van der Waals surface area contributed by atoms with Gasteiger partial charge in [0.25, 0.3) is 0 Å². The van der Waals surface area contributed by atoms with Gasteiger partial charge in [-0.25, -0.2) is 4.98 Å². The molecule has 0 bridgehead atoms. The second kappa shape index (κ2) is 6.08. The third-order valence-electron chi connectivity index (χ3n) is 3.35. The van der Waals surface area contributed by atoms with Crippen LogP contribution in [0.15, 0.2) is 6.20 Å². The molecule has 0 unspecified atom stereocenters. The highest BCUT2D eigenvalue weighted by molar-refractivity contribution is 6.70. The van der Waals surface area contributed by atoms with Gasteiger partial charge in [0, 0.05) is 11.8 Å². The van der Waals surface area contributed by atoms with Gasteiger partial charge in [-0.15, -0.1) is 0 Å². The van der Waals surface area contributed by atoms with Crippen molar-refractivity contribution in [2.24, 2.45) is 0 Å². The van der Waals surface area contributed by atoms with Crippen molar-refractivity contribution in [1.29, 1.82) is 0 Å². The summed E-state index contributed by atoms with van der Waals surface area (Å²) in [6, 6.07) is 0.476. The molecule has 1 saturated carbocycles. The maximum absolute atomic E-state index is 6.22. The van der Waals surface area contributed by atoms with E-state index in [-0.39, 0.29) is 0 Å². The first-order valence-electron chi connectivity index (χ1n) is 7.89. The van der Waals surface area contributed by atoms with Crippen LogP contribution in [0, 0.1) is 0 Å². The minimum Gasteiger partial charge on any atom is -0.531 e. The highest BCUT2D eigenvalue weighted by Crippen LogP contribution is 2.38. The number of hydrogen-bond acceptors (Lipinski definition) is 4. The van der Waals surface area contributed by atoms with Gasteiger partial charge in [-0.2, -0.15) is 4.98 Å². The summed E-state index contributed by atoms with van der Waals surface area (Å²) >= 11 is 0. The lowest BCUT2D eigenvalue weighted by molar-refractivity contribution is 0.464. The van der Waals surface area contributed by atoms with Crippen molar-refractivity contribution in [2.45, 2.75) is 70.9 Å². The molecule has 0 aromatic carbocycles. The number of nitrogens with zero attached hydrogens (tertiary/aromatic N) is 2. The van der Waals surface area contributed by atoms with Crippen molar-refractivity contribution in [3.8, 4) is 11.9 Å². The molecule has 1 aromatic rings. The average molecular weight is 325 g/mol. The first-order chi connectivity index (χ1) is 9.64. The van der Waals surface area contributed by atoms with Gasteiger partial charge < -0.3 is 8.85 Å². The molecule has 118 valence electrons. The van der Waals surface area contributed by atoms with E-state index in [4.69, 9.17) is 8.85 Å². The largest absolute Gasteiger partial charge is 0.531 e. The number of hydrogen-bond donors (Lipinski definition) is 0. The normalized spacial score (nSPS) is 17.0. The second-order valence-corrected chi connectivity index (χ2v) is 16.7. The Morgan fingerprint density at radius 1 is 0.952 bits per heavy atom. The lowest BCUT2D eigenvalue weighted by atomic mass is 10.0. The summed E-state index contributed by atoms with van der Waals surface area (Å²) in [6.07, 6.45) is 6.97. The fraction of sp³-hybridized carbons (Fsp3) is 0.733. The molecule has 0 N–H and O–H groups in total. The molecule has 0 radical (unpaired) electrons. The third kappa shape index (κ3) is 5.11. The molecular weight excluding hydrogens is 296 g/mol. The van der Waals surface area contributed by atoms with E-state index < -0.39 is 16.6 Å². The smallest absolute Gasteiger partial charge is 0.305 e. The molecule has 6 heteroatoms. The maximum atomic E-state index is 6.22. The summed E-state index contributed by atoms with van der Waals surface area (Å²) in [5.41, 5.74) is 1.18. The number of aromatic nitrogens is 2. The van der Waals surface area contributed by atoms with Crippen molar-refractivity contribution in [2.75, 3.05) is 0 Å². The zero-order valence-electron chi connectivity index (χ0n) is 14.2. The van der Waals surface area contributed by atoms with Crippen molar-refractivity contribution in [3.05, 3.63) is 11.8 Å². The van der Waals surface area contributed by atoms with Gasteiger partial charge in [-0.05, 0) is 58.0 Å². The van der Waals surface area contributed by atoms with E-state index in [2.05, 4.69) is 49.3 Å². The van der Waals surface area contributed by atoms with Gasteiger partial charge in [-0.3, -0.25) is 0 Å². The molecule has 1 aromatic heterocycles. The molecular formula is C15H28N2O2Si2. The quantitative estimate of drug-likeness (QED) is 0.745. The monoisotopic (exact) mass is 324 g/mol. The Morgan fingerprint density at radius 3 is 2.05 bits per heavy atom. The van der Waals surface area contributed by atoms with Gasteiger partial charge in [0.15, 0.2) is 0 Å². The van der Waals surface area contributed by atoms with Crippen molar-refractivity contribution < 1.29 is 8.85 Å². The van der Waals surface area contributed by atoms with Crippen LogP contribution in [0.5, 0.6) is 11.9 Å². The fourth-order valence-electron chi connectivity index (χ4n) is 2.57. The Labute approximate surface area is 130 Å². The molecule has 0 amide bonds. The van der Waals surface area contributed by atoms with E-state index >= 15 is 0 Å². The van der Waals surface area contributed by atoms with Gasteiger partial charge in [0.1, 0.15) is 0 Å². The Balaban J connectivity index is 2.31. The summed E-state index contributed by atoms with van der Waals surface area (Å²) in [5.74, 6) is 1.32. The Kier molecular flexibility index (Phi) is 4.77. The molecule has 1 aliphatic carbocycles. The van der Waals surface area contributed by atoms with E-state index in [9.17, 15) is 0 Å². The van der Waals surface area contributed by atoms with Crippen molar-refractivity contribution >= 4 is 16.6 Å². The van der Waals surface area contributed by atoms with E-state index in [1.54, 1.807) is 0 Å². The first kappa shape index (κ1) is 16.5. The minimum absolute atomic E-state index is 0.476. The van der Waals surface area contributed by atoms with Crippen LogP contribution < -0.4 is 8.85 Å². The highest BCUT2D eigenvalue weighted by Gasteiger charge is 2.27. The van der Waals surface area contributed by atoms with Crippen LogP contribution in [-0.2, 0) is 0 Å². The van der Waals surface area contributed by atoms with E-state index in [0.717, 1.165) is 5.88 Å². The molecule has 1 heterocycles. The van der Waals surface area contributed by atoms with Crippen LogP contribution in [0.2, 0.25) is 39.3 Å². The molecule has 0 spiro atoms. The summed E-state index contributed by atoms with van der Waals surface area (Å²) in [6.45, 7) is 13.0. The van der Waals surface area contributed by atoms with Crippen LogP contribution in [0.1, 0.15) is 37.2 Å². The van der Waals surface area contributed by atoms with E-state index in [1.165, 1.54) is 31.2 Å². The summed E-state index contributed by atoms with van der Waals surface area (Å²) in [5, 5.41) is 0. The van der Waals surface area contributed by atoms with Crippen molar-refractivity contribution in [1.82, 2.24) is 9.97 Å². The minimum atomic E-state index is -1.70. The third-order valence-corrected chi connectivity index (χ3v) is 4.95. The standard InChI is InChI=1S/C15H28N2O2Si2/c1-20(2,3)18-14-13(12-9-7-8-10-12)11-16-15(17-14)19-21(4,5)6/h11-12H,7-10H2,1-6H3. The molecule has 0 atom stereocenters. The molecule has 2 rings (SSSR count). The zero-order valence-corrected chi connectivity index (χ0v) is 16.2. The van der Waals surface area contributed by atoms with Gasteiger partial charge in [-0.1, -0.05) is 12.8 Å². The Morgan fingerprint density at radius 2 is 1.52 bits per heavy atom. The predicted octanol–water partition coefficient (Wildman–Crippen LogP) is 4.56. The zero-order chi connectivity index (χ0) is 15.7.